The molecular weight excluding hydrogens is 186 g/mol. The van der Waals surface area contributed by atoms with E-state index in [1.807, 2.05) is 25.1 Å². The molecule has 0 fully saturated rings. The first-order valence-corrected chi connectivity index (χ1v) is 5.22. The normalized spacial score (nSPS) is 9.60. The van der Waals surface area contributed by atoms with Gasteiger partial charge in [-0.25, -0.2) is 0 Å². The van der Waals surface area contributed by atoms with Gasteiger partial charge in [-0.1, -0.05) is 12.1 Å². The highest BCUT2D eigenvalue weighted by molar-refractivity contribution is 5.28. The molecule has 0 aliphatic rings. The highest BCUT2D eigenvalue weighted by atomic mass is 16.5. The van der Waals surface area contributed by atoms with Gasteiger partial charge in [0, 0.05) is 19.5 Å². The first-order valence-electron chi connectivity index (χ1n) is 5.22. The Morgan fingerprint density at radius 1 is 1.47 bits per heavy atom. The Hall–Kier alpha value is -1.46. The molecule has 1 N–H and O–H groups in total. The van der Waals surface area contributed by atoms with E-state index in [1.54, 1.807) is 0 Å². The lowest BCUT2D eigenvalue weighted by molar-refractivity contribution is 0.340. The van der Waals surface area contributed by atoms with Crippen molar-refractivity contribution in [3.05, 3.63) is 29.8 Å². The predicted octanol–water partition coefficient (Wildman–Crippen LogP) is 2.20. The summed E-state index contributed by atoms with van der Waals surface area (Å²) in [5.74, 6) is 3.52. The number of rotatable bonds is 6. The Morgan fingerprint density at radius 3 is 3.07 bits per heavy atom. The molecule has 1 rings (SSSR count). The molecule has 0 aliphatic carbocycles. The van der Waals surface area contributed by atoms with Crippen LogP contribution in [-0.4, -0.2) is 13.2 Å². The third-order valence-corrected chi connectivity index (χ3v) is 1.98. The van der Waals surface area contributed by atoms with E-state index in [-0.39, 0.29) is 0 Å². The van der Waals surface area contributed by atoms with Crippen LogP contribution in [0.5, 0.6) is 5.75 Å². The second kappa shape index (κ2) is 6.92. The fourth-order valence-electron chi connectivity index (χ4n) is 1.31. The third-order valence-electron chi connectivity index (χ3n) is 1.98. The fraction of sp³-hybridized carbons (Fsp3) is 0.385. The molecule has 0 radical (unpaired) electrons. The van der Waals surface area contributed by atoms with E-state index < -0.39 is 0 Å². The standard InChI is InChI=1S/C13H17NO/c1-3-5-9-14-11-12-7-6-8-13(10-12)15-4-2/h1,6-8,10,14H,4-5,9,11H2,2H3. The zero-order valence-electron chi connectivity index (χ0n) is 9.12. The summed E-state index contributed by atoms with van der Waals surface area (Å²) in [5.41, 5.74) is 1.22. The second-order valence-corrected chi connectivity index (χ2v) is 3.21. The van der Waals surface area contributed by atoms with Crippen LogP contribution < -0.4 is 10.1 Å². The van der Waals surface area contributed by atoms with Crippen molar-refractivity contribution in [3.8, 4) is 18.1 Å². The van der Waals surface area contributed by atoms with Gasteiger partial charge in [-0.2, -0.15) is 0 Å². The maximum Gasteiger partial charge on any atom is 0.119 e. The van der Waals surface area contributed by atoms with Gasteiger partial charge in [-0.15, -0.1) is 12.3 Å². The van der Waals surface area contributed by atoms with Gasteiger partial charge >= 0.3 is 0 Å². The van der Waals surface area contributed by atoms with Gasteiger partial charge in [0.15, 0.2) is 0 Å². The van der Waals surface area contributed by atoms with E-state index in [0.717, 1.165) is 25.3 Å². The van der Waals surface area contributed by atoms with Gasteiger partial charge < -0.3 is 10.1 Å². The van der Waals surface area contributed by atoms with Crippen LogP contribution in [0.1, 0.15) is 18.9 Å². The summed E-state index contributed by atoms with van der Waals surface area (Å²) in [6.07, 6.45) is 5.93. The maximum absolute atomic E-state index is 5.41. The molecule has 1 aromatic rings. The third kappa shape index (κ3) is 4.53. The Labute approximate surface area is 91.6 Å². The quantitative estimate of drug-likeness (QED) is 0.565. The fourth-order valence-corrected chi connectivity index (χ4v) is 1.31. The van der Waals surface area contributed by atoms with Crippen LogP contribution in [0.25, 0.3) is 0 Å². The van der Waals surface area contributed by atoms with Gasteiger partial charge in [-0.05, 0) is 24.6 Å². The van der Waals surface area contributed by atoms with Crippen LogP contribution in [0.2, 0.25) is 0 Å². The van der Waals surface area contributed by atoms with Crippen LogP contribution >= 0.6 is 0 Å². The maximum atomic E-state index is 5.41. The Kier molecular flexibility index (Phi) is 5.35. The smallest absolute Gasteiger partial charge is 0.119 e. The van der Waals surface area contributed by atoms with Crippen molar-refractivity contribution in [3.63, 3.8) is 0 Å². The summed E-state index contributed by atoms with van der Waals surface area (Å²) >= 11 is 0. The molecule has 2 heteroatoms. The largest absolute Gasteiger partial charge is 0.494 e. The van der Waals surface area contributed by atoms with E-state index in [0.29, 0.717) is 6.61 Å². The Morgan fingerprint density at radius 2 is 2.33 bits per heavy atom. The molecule has 0 bridgehead atoms. The number of benzene rings is 1. The average molecular weight is 203 g/mol. The molecule has 0 unspecified atom stereocenters. The molecule has 0 saturated heterocycles. The van der Waals surface area contributed by atoms with Gasteiger partial charge in [0.05, 0.1) is 6.61 Å². The van der Waals surface area contributed by atoms with Crippen LogP contribution in [0.3, 0.4) is 0 Å². The number of nitrogens with one attached hydrogen (secondary N) is 1. The number of hydrogen-bond donors (Lipinski definition) is 1. The number of ether oxygens (including phenoxy) is 1. The summed E-state index contributed by atoms with van der Waals surface area (Å²) in [4.78, 5) is 0. The molecule has 0 heterocycles. The predicted molar refractivity (Wildman–Crippen MR) is 62.8 cm³/mol. The lowest BCUT2D eigenvalue weighted by Crippen LogP contribution is -2.14. The van der Waals surface area contributed by atoms with Crippen molar-refractivity contribution in [2.75, 3.05) is 13.2 Å². The molecule has 0 aromatic heterocycles. The highest BCUT2D eigenvalue weighted by Crippen LogP contribution is 2.12. The molecule has 0 aliphatic heterocycles. The molecule has 15 heavy (non-hydrogen) atoms. The van der Waals surface area contributed by atoms with E-state index in [4.69, 9.17) is 11.2 Å². The van der Waals surface area contributed by atoms with Crippen LogP contribution in [0.15, 0.2) is 24.3 Å². The minimum Gasteiger partial charge on any atom is -0.494 e. The SMILES string of the molecule is C#CCCNCc1cccc(OCC)c1. The summed E-state index contributed by atoms with van der Waals surface area (Å²) in [6.45, 7) is 4.38. The van der Waals surface area contributed by atoms with Crippen molar-refractivity contribution in [1.82, 2.24) is 5.32 Å². The molecule has 80 valence electrons. The van der Waals surface area contributed by atoms with Crippen molar-refractivity contribution >= 4 is 0 Å². The van der Waals surface area contributed by atoms with Crippen molar-refractivity contribution in [2.24, 2.45) is 0 Å². The van der Waals surface area contributed by atoms with E-state index >= 15 is 0 Å². The lowest BCUT2D eigenvalue weighted by atomic mass is 10.2. The molecule has 0 saturated carbocycles. The van der Waals surface area contributed by atoms with Crippen LogP contribution in [-0.2, 0) is 6.54 Å². The summed E-state index contributed by atoms with van der Waals surface area (Å²) in [5, 5.41) is 3.27. The monoisotopic (exact) mass is 203 g/mol. The minimum atomic E-state index is 0.702. The van der Waals surface area contributed by atoms with Gasteiger partial charge in [-0.3, -0.25) is 0 Å². The Balaban J connectivity index is 2.40. The molecular formula is C13H17NO. The molecule has 0 amide bonds. The number of hydrogen-bond acceptors (Lipinski definition) is 2. The second-order valence-electron chi connectivity index (χ2n) is 3.21. The van der Waals surface area contributed by atoms with Crippen molar-refractivity contribution in [1.29, 1.82) is 0 Å². The first-order chi connectivity index (χ1) is 7.36. The summed E-state index contributed by atoms with van der Waals surface area (Å²) < 4.78 is 5.41. The van der Waals surface area contributed by atoms with E-state index in [9.17, 15) is 0 Å². The topological polar surface area (TPSA) is 21.3 Å². The van der Waals surface area contributed by atoms with Crippen molar-refractivity contribution in [2.45, 2.75) is 19.9 Å². The number of terminal acetylenes is 1. The molecule has 0 spiro atoms. The summed E-state index contributed by atoms with van der Waals surface area (Å²) in [6, 6.07) is 8.09. The zero-order valence-corrected chi connectivity index (χ0v) is 9.12. The average Bonchev–Trinajstić information content (AvgIpc) is 2.26. The van der Waals surface area contributed by atoms with Crippen LogP contribution in [0, 0.1) is 12.3 Å². The van der Waals surface area contributed by atoms with E-state index in [2.05, 4.69) is 17.3 Å². The van der Waals surface area contributed by atoms with Crippen LogP contribution in [0.4, 0.5) is 0 Å². The lowest BCUT2D eigenvalue weighted by Gasteiger charge is -2.06. The van der Waals surface area contributed by atoms with Gasteiger partial charge in [0.2, 0.25) is 0 Å². The van der Waals surface area contributed by atoms with Gasteiger partial charge in [0.1, 0.15) is 5.75 Å². The first kappa shape index (κ1) is 11.6. The van der Waals surface area contributed by atoms with Crippen molar-refractivity contribution < 1.29 is 4.74 Å². The van der Waals surface area contributed by atoms with Gasteiger partial charge in [0.25, 0.3) is 0 Å². The highest BCUT2D eigenvalue weighted by Gasteiger charge is 1.95. The molecule has 0 atom stereocenters. The zero-order chi connectivity index (χ0) is 10.9. The molecule has 1 aromatic carbocycles. The van der Waals surface area contributed by atoms with E-state index in [1.165, 1.54) is 5.56 Å². The minimum absolute atomic E-state index is 0.702. The molecule has 2 nitrogen and oxygen atoms in total. The summed E-state index contributed by atoms with van der Waals surface area (Å²) in [7, 11) is 0. The Bertz CT molecular complexity index is 328.